The molecule has 0 saturated carbocycles. The maximum absolute atomic E-state index is 13.0. The number of nitrogens with zero attached hydrogens (tertiary/aromatic N) is 4. The molecule has 0 radical (unpaired) electrons. The Balaban J connectivity index is 1.81. The summed E-state index contributed by atoms with van der Waals surface area (Å²) in [5.41, 5.74) is 1.43. The molecule has 0 spiro atoms. The Labute approximate surface area is 149 Å². The van der Waals surface area contributed by atoms with E-state index in [4.69, 9.17) is 0 Å². The minimum atomic E-state index is -0.244. The van der Waals surface area contributed by atoms with Crippen molar-refractivity contribution in [1.29, 1.82) is 0 Å². The average molecular weight is 360 g/mol. The van der Waals surface area contributed by atoms with Gasteiger partial charge < -0.3 is 0 Å². The predicted octanol–water partition coefficient (Wildman–Crippen LogP) is 3.22. The molecule has 0 atom stereocenters. The largest absolute Gasteiger partial charge is 0.296 e. The Hall–Kier alpha value is -2.12. The van der Waals surface area contributed by atoms with E-state index in [1.165, 1.54) is 34.1 Å². The van der Waals surface area contributed by atoms with Crippen LogP contribution in [0.5, 0.6) is 0 Å². The fourth-order valence-corrected chi connectivity index (χ4v) is 3.46. The van der Waals surface area contributed by atoms with E-state index in [2.05, 4.69) is 30.9 Å². The highest BCUT2D eigenvalue weighted by Gasteiger charge is 2.20. The lowest BCUT2D eigenvalue weighted by Crippen LogP contribution is -2.22. The van der Waals surface area contributed by atoms with E-state index in [1.807, 2.05) is 11.9 Å². The molecule has 0 unspecified atom stereocenters. The van der Waals surface area contributed by atoms with Gasteiger partial charge in [0, 0.05) is 24.6 Å². The molecule has 3 aromatic rings. The lowest BCUT2D eigenvalue weighted by molar-refractivity contribution is 0.315. The second-order valence-corrected chi connectivity index (χ2v) is 8.19. The number of fused-ring (bicyclic) bond motifs is 1. The van der Waals surface area contributed by atoms with Gasteiger partial charge in [0.1, 0.15) is 10.8 Å². The van der Waals surface area contributed by atoms with Crippen molar-refractivity contribution in [1.82, 2.24) is 19.5 Å². The first-order valence-corrected chi connectivity index (χ1v) is 8.87. The van der Waals surface area contributed by atoms with Gasteiger partial charge in [0.15, 0.2) is 0 Å². The zero-order valence-electron chi connectivity index (χ0n) is 14.8. The van der Waals surface area contributed by atoms with Gasteiger partial charge in [0.05, 0.1) is 5.69 Å². The summed E-state index contributed by atoms with van der Waals surface area (Å²) in [6.45, 7) is 7.37. The highest BCUT2D eigenvalue weighted by Crippen LogP contribution is 2.26. The predicted molar refractivity (Wildman–Crippen MR) is 97.4 cm³/mol. The van der Waals surface area contributed by atoms with E-state index < -0.39 is 0 Å². The normalized spacial score (nSPS) is 12.2. The van der Waals surface area contributed by atoms with Crippen molar-refractivity contribution >= 4 is 16.3 Å². The van der Waals surface area contributed by atoms with Crippen molar-refractivity contribution in [2.45, 2.75) is 39.3 Å². The van der Waals surface area contributed by atoms with Crippen molar-refractivity contribution in [3.8, 4) is 0 Å². The lowest BCUT2D eigenvalue weighted by Gasteiger charge is -2.16. The Morgan fingerprint density at radius 2 is 1.88 bits per heavy atom. The van der Waals surface area contributed by atoms with Crippen LogP contribution in [-0.4, -0.2) is 26.5 Å². The standard InChI is InChI=1S/C18H21FN4OS/c1-18(2,3)16-21-23-15(24)9-14(20-17(23)25-16)11-22(4)10-12-5-7-13(19)8-6-12/h5-9H,10-11H2,1-4H3. The van der Waals surface area contributed by atoms with Crippen LogP contribution in [0.15, 0.2) is 35.1 Å². The van der Waals surface area contributed by atoms with Crippen molar-refractivity contribution in [3.05, 3.63) is 62.8 Å². The highest BCUT2D eigenvalue weighted by atomic mass is 32.1. The number of hydrogen-bond acceptors (Lipinski definition) is 5. The van der Waals surface area contributed by atoms with Crippen molar-refractivity contribution in [3.63, 3.8) is 0 Å². The van der Waals surface area contributed by atoms with Crippen LogP contribution in [0.25, 0.3) is 4.96 Å². The Kier molecular flexibility index (Phi) is 4.71. The topological polar surface area (TPSA) is 50.5 Å². The smallest absolute Gasteiger partial charge is 0.275 e. The van der Waals surface area contributed by atoms with Crippen LogP contribution in [0.3, 0.4) is 0 Å². The van der Waals surface area contributed by atoms with Crippen LogP contribution in [0.1, 0.15) is 37.0 Å². The summed E-state index contributed by atoms with van der Waals surface area (Å²) in [6.07, 6.45) is 0. The summed E-state index contributed by atoms with van der Waals surface area (Å²) in [5.74, 6) is -0.244. The molecule has 0 fully saturated rings. The van der Waals surface area contributed by atoms with Gasteiger partial charge in [0.25, 0.3) is 5.56 Å². The van der Waals surface area contributed by atoms with Crippen LogP contribution in [-0.2, 0) is 18.5 Å². The van der Waals surface area contributed by atoms with Crippen LogP contribution >= 0.6 is 11.3 Å². The monoisotopic (exact) mass is 360 g/mol. The maximum Gasteiger partial charge on any atom is 0.275 e. The molecule has 0 amide bonds. The second kappa shape index (κ2) is 6.65. The fourth-order valence-electron chi connectivity index (χ4n) is 2.47. The molecule has 0 aliphatic rings. The minimum Gasteiger partial charge on any atom is -0.296 e. The summed E-state index contributed by atoms with van der Waals surface area (Å²) >= 11 is 1.45. The Morgan fingerprint density at radius 1 is 1.20 bits per heavy atom. The fraction of sp³-hybridized carbons (Fsp3) is 0.389. The molecule has 2 aromatic heterocycles. The highest BCUT2D eigenvalue weighted by molar-refractivity contribution is 7.16. The summed E-state index contributed by atoms with van der Waals surface area (Å²) in [6, 6.07) is 7.95. The van der Waals surface area contributed by atoms with Gasteiger partial charge in [-0.2, -0.15) is 9.61 Å². The molecule has 3 rings (SSSR count). The van der Waals surface area contributed by atoms with Gasteiger partial charge in [-0.25, -0.2) is 9.37 Å². The molecule has 2 heterocycles. The van der Waals surface area contributed by atoms with E-state index in [9.17, 15) is 9.18 Å². The molecule has 5 nitrogen and oxygen atoms in total. The quantitative estimate of drug-likeness (QED) is 0.717. The summed E-state index contributed by atoms with van der Waals surface area (Å²) in [5, 5.41) is 5.27. The van der Waals surface area contributed by atoms with Crippen molar-refractivity contribution < 1.29 is 4.39 Å². The first kappa shape index (κ1) is 17.7. The number of benzene rings is 1. The van der Waals surface area contributed by atoms with Crippen molar-refractivity contribution in [2.24, 2.45) is 0 Å². The molecule has 0 bridgehead atoms. The lowest BCUT2D eigenvalue weighted by atomic mass is 9.98. The van der Waals surface area contributed by atoms with Gasteiger partial charge >= 0.3 is 0 Å². The first-order chi connectivity index (χ1) is 11.7. The molecule has 25 heavy (non-hydrogen) atoms. The van der Waals surface area contributed by atoms with Crippen LogP contribution in [0.4, 0.5) is 4.39 Å². The van der Waals surface area contributed by atoms with E-state index in [-0.39, 0.29) is 16.8 Å². The zero-order valence-corrected chi connectivity index (χ0v) is 15.6. The minimum absolute atomic E-state index is 0.121. The third kappa shape index (κ3) is 4.11. The van der Waals surface area contributed by atoms with E-state index in [1.54, 1.807) is 12.1 Å². The van der Waals surface area contributed by atoms with Crippen molar-refractivity contribution in [2.75, 3.05) is 7.05 Å². The van der Waals surface area contributed by atoms with Gasteiger partial charge in [0.2, 0.25) is 4.96 Å². The first-order valence-electron chi connectivity index (χ1n) is 8.05. The molecule has 0 saturated heterocycles. The van der Waals surface area contributed by atoms with Gasteiger partial charge in [-0.1, -0.05) is 44.2 Å². The summed E-state index contributed by atoms with van der Waals surface area (Å²) in [4.78, 5) is 19.6. The molecule has 0 aliphatic carbocycles. The number of hydrogen-bond donors (Lipinski definition) is 0. The number of rotatable bonds is 4. The molecular weight excluding hydrogens is 339 g/mol. The van der Waals surface area contributed by atoms with Crippen LogP contribution < -0.4 is 5.56 Å². The maximum atomic E-state index is 13.0. The Morgan fingerprint density at radius 3 is 2.52 bits per heavy atom. The third-order valence-corrected chi connectivity index (χ3v) is 5.07. The average Bonchev–Trinajstić information content (AvgIpc) is 2.94. The number of aromatic nitrogens is 3. The number of halogens is 1. The van der Waals surface area contributed by atoms with E-state index >= 15 is 0 Å². The van der Waals surface area contributed by atoms with E-state index in [0.717, 1.165) is 10.6 Å². The van der Waals surface area contributed by atoms with E-state index in [0.29, 0.717) is 23.7 Å². The van der Waals surface area contributed by atoms with Crippen LogP contribution in [0, 0.1) is 5.82 Å². The Bertz CT molecular complexity index is 940. The molecule has 0 aliphatic heterocycles. The van der Waals surface area contributed by atoms with Crippen LogP contribution in [0.2, 0.25) is 0 Å². The third-order valence-electron chi connectivity index (χ3n) is 3.74. The van der Waals surface area contributed by atoms with Gasteiger partial charge in [-0.3, -0.25) is 9.69 Å². The van der Waals surface area contributed by atoms with Gasteiger partial charge in [-0.15, -0.1) is 0 Å². The molecule has 132 valence electrons. The second-order valence-electron chi connectivity index (χ2n) is 7.24. The summed E-state index contributed by atoms with van der Waals surface area (Å²) in [7, 11) is 1.94. The molecule has 7 heteroatoms. The molecule has 1 aromatic carbocycles. The van der Waals surface area contributed by atoms with Gasteiger partial charge in [-0.05, 0) is 24.7 Å². The molecular formula is C18H21FN4OS. The summed E-state index contributed by atoms with van der Waals surface area (Å²) < 4.78 is 14.4. The zero-order chi connectivity index (χ0) is 18.2. The SMILES string of the molecule is CN(Cc1ccc(F)cc1)Cc1cc(=O)n2nc(C(C)(C)C)sc2n1. The molecule has 0 N–H and O–H groups in total.